The average molecular weight is 174 g/mol. The summed E-state index contributed by atoms with van der Waals surface area (Å²) in [4.78, 5) is 0. The van der Waals surface area contributed by atoms with Gasteiger partial charge in [-0.25, -0.2) is 0 Å². The van der Waals surface area contributed by atoms with Crippen molar-refractivity contribution in [3.63, 3.8) is 0 Å². The lowest BCUT2D eigenvalue weighted by Crippen LogP contribution is -1.84. The molecule has 0 N–H and O–H groups in total. The molecule has 0 radical (unpaired) electrons. The van der Waals surface area contributed by atoms with Gasteiger partial charge in [0.1, 0.15) is 5.58 Å². The van der Waals surface area contributed by atoms with E-state index in [1.165, 1.54) is 23.8 Å². The van der Waals surface area contributed by atoms with Crippen molar-refractivity contribution in [2.75, 3.05) is 0 Å². The molecule has 0 fully saturated rings. The van der Waals surface area contributed by atoms with Gasteiger partial charge in [0.2, 0.25) is 0 Å². The number of furan rings is 1. The number of benzene rings is 1. The maximum Gasteiger partial charge on any atom is 0.137 e. The lowest BCUT2D eigenvalue weighted by molar-refractivity contribution is 0.609. The fraction of sp³-hybridized carbons (Fsp3) is 0.333. The molecule has 68 valence electrons. The maximum atomic E-state index is 5.45. The number of para-hydroxylation sites is 1. The number of hydrogen-bond donors (Lipinski definition) is 0. The Balaban J connectivity index is 2.37. The molecule has 0 atom stereocenters. The number of rotatable bonds is 3. The molecule has 0 amide bonds. The molecule has 0 saturated heterocycles. The van der Waals surface area contributed by atoms with E-state index < -0.39 is 0 Å². The van der Waals surface area contributed by atoms with Gasteiger partial charge >= 0.3 is 0 Å². The zero-order chi connectivity index (χ0) is 9.10. The van der Waals surface area contributed by atoms with E-state index in [0.29, 0.717) is 0 Å². The van der Waals surface area contributed by atoms with Crippen molar-refractivity contribution in [2.45, 2.75) is 26.2 Å². The third-order valence-electron chi connectivity index (χ3n) is 2.36. The molecule has 0 bridgehead atoms. The molecule has 1 heteroatoms. The molecule has 1 nitrogen and oxygen atoms in total. The highest BCUT2D eigenvalue weighted by Crippen LogP contribution is 2.21. The SMILES string of the molecule is CCCCc1cccc2ccoc12. The molecule has 0 unspecified atom stereocenters. The van der Waals surface area contributed by atoms with E-state index in [2.05, 4.69) is 25.1 Å². The Bertz CT molecular complexity index is 387. The minimum absolute atomic E-state index is 1.07. The first-order valence-corrected chi connectivity index (χ1v) is 4.87. The van der Waals surface area contributed by atoms with Crippen molar-refractivity contribution in [2.24, 2.45) is 0 Å². The summed E-state index contributed by atoms with van der Waals surface area (Å²) in [5.41, 5.74) is 2.40. The smallest absolute Gasteiger partial charge is 0.137 e. The van der Waals surface area contributed by atoms with Crippen LogP contribution < -0.4 is 0 Å². The maximum absolute atomic E-state index is 5.45. The Kier molecular flexibility index (Phi) is 2.35. The van der Waals surface area contributed by atoms with Crippen LogP contribution in [0.15, 0.2) is 34.9 Å². The van der Waals surface area contributed by atoms with Crippen molar-refractivity contribution in [3.8, 4) is 0 Å². The minimum atomic E-state index is 1.07. The number of unbranched alkanes of at least 4 members (excludes halogenated alkanes) is 1. The van der Waals surface area contributed by atoms with Crippen molar-refractivity contribution in [1.29, 1.82) is 0 Å². The average Bonchev–Trinajstić information content (AvgIpc) is 2.62. The van der Waals surface area contributed by atoms with E-state index in [-0.39, 0.29) is 0 Å². The van der Waals surface area contributed by atoms with Crippen LogP contribution in [-0.2, 0) is 6.42 Å². The Morgan fingerprint density at radius 2 is 2.15 bits per heavy atom. The summed E-state index contributed by atoms with van der Waals surface area (Å²) in [5.74, 6) is 0. The standard InChI is InChI=1S/C12H14O/c1-2-3-5-10-6-4-7-11-8-9-13-12(10)11/h4,6-9H,2-3,5H2,1H3. The summed E-state index contributed by atoms with van der Waals surface area (Å²) in [7, 11) is 0. The van der Waals surface area contributed by atoms with Crippen LogP contribution in [0.3, 0.4) is 0 Å². The summed E-state index contributed by atoms with van der Waals surface area (Å²) >= 11 is 0. The molecule has 1 aromatic carbocycles. The molecule has 2 rings (SSSR count). The topological polar surface area (TPSA) is 13.1 Å². The first-order valence-electron chi connectivity index (χ1n) is 4.87. The van der Waals surface area contributed by atoms with E-state index in [1.54, 1.807) is 6.26 Å². The fourth-order valence-corrected chi connectivity index (χ4v) is 1.62. The van der Waals surface area contributed by atoms with Crippen LogP contribution in [0.1, 0.15) is 25.3 Å². The van der Waals surface area contributed by atoms with E-state index in [0.717, 1.165) is 12.0 Å². The first-order chi connectivity index (χ1) is 6.42. The third-order valence-corrected chi connectivity index (χ3v) is 2.36. The second-order valence-corrected chi connectivity index (χ2v) is 3.36. The predicted octanol–water partition coefficient (Wildman–Crippen LogP) is 3.78. The van der Waals surface area contributed by atoms with Crippen LogP contribution in [0.5, 0.6) is 0 Å². The van der Waals surface area contributed by atoms with Gasteiger partial charge in [-0.3, -0.25) is 0 Å². The van der Waals surface area contributed by atoms with Crippen molar-refractivity contribution < 1.29 is 4.42 Å². The lowest BCUT2D eigenvalue weighted by Gasteiger charge is -1.99. The Hall–Kier alpha value is -1.24. The van der Waals surface area contributed by atoms with E-state index in [4.69, 9.17) is 4.42 Å². The number of aryl methyl sites for hydroxylation is 1. The summed E-state index contributed by atoms with van der Waals surface area (Å²) in [5, 5.41) is 1.22. The van der Waals surface area contributed by atoms with Crippen LogP contribution >= 0.6 is 0 Å². The molecular weight excluding hydrogens is 160 g/mol. The molecule has 1 heterocycles. The van der Waals surface area contributed by atoms with Gasteiger partial charge in [0.15, 0.2) is 0 Å². The number of hydrogen-bond acceptors (Lipinski definition) is 1. The van der Waals surface area contributed by atoms with Crippen molar-refractivity contribution >= 4 is 11.0 Å². The summed E-state index contributed by atoms with van der Waals surface area (Å²) in [6, 6.07) is 8.36. The fourth-order valence-electron chi connectivity index (χ4n) is 1.62. The monoisotopic (exact) mass is 174 g/mol. The summed E-state index contributed by atoms with van der Waals surface area (Å²) in [6.45, 7) is 2.21. The van der Waals surface area contributed by atoms with E-state index >= 15 is 0 Å². The highest BCUT2D eigenvalue weighted by Gasteiger charge is 2.02. The van der Waals surface area contributed by atoms with Crippen LogP contribution in [0.2, 0.25) is 0 Å². The second kappa shape index (κ2) is 3.65. The van der Waals surface area contributed by atoms with Crippen LogP contribution in [0.4, 0.5) is 0 Å². The molecule has 0 saturated carbocycles. The van der Waals surface area contributed by atoms with Crippen LogP contribution in [0.25, 0.3) is 11.0 Å². The zero-order valence-electron chi connectivity index (χ0n) is 7.92. The molecule has 0 aliphatic carbocycles. The van der Waals surface area contributed by atoms with Crippen molar-refractivity contribution in [3.05, 3.63) is 36.1 Å². The second-order valence-electron chi connectivity index (χ2n) is 3.36. The largest absolute Gasteiger partial charge is 0.464 e. The highest BCUT2D eigenvalue weighted by atomic mass is 16.3. The molecule has 1 aromatic heterocycles. The minimum Gasteiger partial charge on any atom is -0.464 e. The molecular formula is C12H14O. The molecule has 0 aliphatic heterocycles. The number of fused-ring (bicyclic) bond motifs is 1. The Labute approximate surface area is 78.4 Å². The molecule has 2 aromatic rings. The highest BCUT2D eigenvalue weighted by molar-refractivity contribution is 5.80. The molecule has 0 aliphatic rings. The van der Waals surface area contributed by atoms with Gasteiger partial charge in [0.05, 0.1) is 6.26 Å². The van der Waals surface area contributed by atoms with Gasteiger partial charge < -0.3 is 4.42 Å². The quantitative estimate of drug-likeness (QED) is 0.690. The molecule has 13 heavy (non-hydrogen) atoms. The van der Waals surface area contributed by atoms with E-state index in [9.17, 15) is 0 Å². The van der Waals surface area contributed by atoms with Crippen molar-refractivity contribution in [1.82, 2.24) is 0 Å². The van der Waals surface area contributed by atoms with Gasteiger partial charge in [-0.05, 0) is 24.5 Å². The van der Waals surface area contributed by atoms with Gasteiger partial charge in [-0.2, -0.15) is 0 Å². The van der Waals surface area contributed by atoms with Gasteiger partial charge in [-0.1, -0.05) is 31.5 Å². The zero-order valence-corrected chi connectivity index (χ0v) is 7.92. The third kappa shape index (κ3) is 1.59. The Morgan fingerprint density at radius 1 is 1.23 bits per heavy atom. The van der Waals surface area contributed by atoms with E-state index in [1.807, 2.05) is 6.07 Å². The predicted molar refractivity (Wildman–Crippen MR) is 54.8 cm³/mol. The van der Waals surface area contributed by atoms with Crippen LogP contribution in [0, 0.1) is 0 Å². The summed E-state index contributed by atoms with van der Waals surface area (Å²) in [6.07, 6.45) is 5.36. The molecule has 0 spiro atoms. The van der Waals surface area contributed by atoms with Gasteiger partial charge in [-0.15, -0.1) is 0 Å². The Morgan fingerprint density at radius 3 is 3.00 bits per heavy atom. The lowest BCUT2D eigenvalue weighted by atomic mass is 10.1. The normalized spacial score (nSPS) is 10.8. The summed E-state index contributed by atoms with van der Waals surface area (Å²) < 4.78 is 5.45. The first kappa shape index (κ1) is 8.36. The van der Waals surface area contributed by atoms with Gasteiger partial charge in [0.25, 0.3) is 0 Å². The van der Waals surface area contributed by atoms with Crippen LogP contribution in [-0.4, -0.2) is 0 Å². The van der Waals surface area contributed by atoms with Gasteiger partial charge in [0, 0.05) is 5.39 Å².